The highest BCUT2D eigenvalue weighted by Gasteiger charge is 2.63. The lowest BCUT2D eigenvalue weighted by molar-refractivity contribution is -0.139. The van der Waals surface area contributed by atoms with Crippen molar-refractivity contribution in [2.75, 3.05) is 6.61 Å². The molecule has 35 heavy (non-hydrogen) atoms. The summed E-state index contributed by atoms with van der Waals surface area (Å²) in [5.74, 6) is 1.96. The van der Waals surface area contributed by atoms with E-state index in [1.807, 2.05) is 13.8 Å². The second-order valence-electron chi connectivity index (χ2n) is 13.3. The fraction of sp³-hybridized carbons (Fsp3) is 0.750. The van der Waals surface area contributed by atoms with Gasteiger partial charge < -0.3 is 4.74 Å². The van der Waals surface area contributed by atoms with Gasteiger partial charge in [0.1, 0.15) is 5.78 Å². The van der Waals surface area contributed by atoms with Crippen molar-refractivity contribution < 1.29 is 14.3 Å². The van der Waals surface area contributed by atoms with Crippen molar-refractivity contribution in [1.29, 1.82) is 0 Å². The second-order valence-corrected chi connectivity index (χ2v) is 13.3. The van der Waals surface area contributed by atoms with Crippen LogP contribution >= 0.6 is 0 Å². The van der Waals surface area contributed by atoms with E-state index in [1.54, 1.807) is 11.1 Å². The fourth-order valence-corrected chi connectivity index (χ4v) is 8.85. The largest absolute Gasteiger partial charge is 0.463 e. The van der Waals surface area contributed by atoms with Gasteiger partial charge in [-0.2, -0.15) is 0 Å². The number of allylic oxidation sites excluding steroid dienone is 5. The topological polar surface area (TPSA) is 43.4 Å². The number of rotatable bonds is 6. The zero-order valence-corrected chi connectivity index (χ0v) is 23.6. The number of ether oxygens (including phenoxy) is 1. The van der Waals surface area contributed by atoms with Crippen LogP contribution in [0, 0.1) is 39.4 Å². The maximum absolute atomic E-state index is 12.8. The predicted octanol–water partition coefficient (Wildman–Crippen LogP) is 8.01. The minimum absolute atomic E-state index is 0.116. The summed E-state index contributed by atoms with van der Waals surface area (Å²) in [4.78, 5) is 24.8. The van der Waals surface area contributed by atoms with E-state index >= 15 is 0 Å². The molecule has 6 atom stereocenters. The summed E-state index contributed by atoms with van der Waals surface area (Å²) in [5, 5.41) is 0. The number of esters is 1. The molecule has 0 aromatic heterocycles. The van der Waals surface area contributed by atoms with E-state index in [0.29, 0.717) is 30.1 Å². The third-order valence-electron chi connectivity index (χ3n) is 11.4. The van der Waals surface area contributed by atoms with Crippen molar-refractivity contribution in [3.05, 3.63) is 34.9 Å². The van der Waals surface area contributed by atoms with Gasteiger partial charge in [0.15, 0.2) is 0 Å². The van der Waals surface area contributed by atoms with Gasteiger partial charge in [0, 0.05) is 17.4 Å². The van der Waals surface area contributed by atoms with Gasteiger partial charge in [-0.15, -0.1) is 0 Å². The van der Waals surface area contributed by atoms with E-state index < -0.39 is 0 Å². The normalized spacial score (nSPS) is 39.1. The lowest BCUT2D eigenvalue weighted by atomic mass is 9.44. The number of hydrogen-bond donors (Lipinski definition) is 0. The number of fused-ring (bicyclic) bond motifs is 5. The Morgan fingerprint density at radius 2 is 1.86 bits per heavy atom. The minimum Gasteiger partial charge on any atom is -0.463 e. The molecule has 3 heteroatoms. The molecule has 0 saturated heterocycles. The van der Waals surface area contributed by atoms with E-state index in [2.05, 4.69) is 59.8 Å². The molecule has 0 radical (unpaired) electrons. The fourth-order valence-electron chi connectivity index (χ4n) is 8.85. The average molecular weight is 481 g/mol. The molecular weight excluding hydrogens is 432 g/mol. The first-order valence-corrected chi connectivity index (χ1v) is 14.1. The van der Waals surface area contributed by atoms with E-state index in [0.717, 1.165) is 44.1 Å². The Labute approximate surface area is 213 Å². The lowest BCUT2D eigenvalue weighted by Gasteiger charge is -2.59. The van der Waals surface area contributed by atoms with Crippen molar-refractivity contribution in [2.24, 2.45) is 39.4 Å². The highest BCUT2D eigenvalue weighted by Crippen LogP contribution is 2.71. The van der Waals surface area contributed by atoms with Crippen molar-refractivity contribution in [3.8, 4) is 0 Å². The Morgan fingerprint density at radius 1 is 1.14 bits per heavy atom. The van der Waals surface area contributed by atoms with Gasteiger partial charge in [0.05, 0.1) is 6.61 Å². The molecule has 4 aliphatic rings. The van der Waals surface area contributed by atoms with Gasteiger partial charge in [-0.25, -0.2) is 4.79 Å². The second kappa shape index (κ2) is 9.03. The molecule has 0 amide bonds. The number of carbonyl (C=O) groups excluding carboxylic acids is 2. The van der Waals surface area contributed by atoms with Crippen LogP contribution in [0.4, 0.5) is 0 Å². The summed E-state index contributed by atoms with van der Waals surface area (Å²) in [6.07, 6.45) is 15.7. The van der Waals surface area contributed by atoms with Gasteiger partial charge >= 0.3 is 5.97 Å². The smallest absolute Gasteiger partial charge is 0.333 e. The molecule has 0 N–H and O–H groups in total. The Hall–Kier alpha value is -1.64. The summed E-state index contributed by atoms with van der Waals surface area (Å²) < 4.78 is 5.14. The molecule has 0 spiro atoms. The SMILES string of the molecule is CCOC(=O)/C(C)=C\CC[C@@H](C)[C@H]1CC[C@@]2(C)C3=CC[C@H]4C(C)(C)C(=O)CC[C@]4(C)C3=CC[C@]12C. The summed E-state index contributed by atoms with van der Waals surface area (Å²) in [6.45, 7) is 18.5. The number of ketones is 1. The molecule has 0 aromatic rings. The van der Waals surface area contributed by atoms with E-state index in [1.165, 1.54) is 12.8 Å². The molecule has 0 bridgehead atoms. The van der Waals surface area contributed by atoms with Gasteiger partial charge in [-0.05, 0) is 104 Å². The lowest BCUT2D eigenvalue weighted by Crippen LogP contribution is -2.53. The third kappa shape index (κ3) is 3.91. The molecule has 194 valence electrons. The Morgan fingerprint density at radius 3 is 2.54 bits per heavy atom. The number of Topliss-reactive ketones (excluding diaryl/α,β-unsaturated/α-hetero) is 1. The molecule has 0 heterocycles. The van der Waals surface area contributed by atoms with Crippen LogP contribution in [-0.4, -0.2) is 18.4 Å². The molecule has 4 rings (SSSR count). The Kier molecular flexibility index (Phi) is 6.82. The van der Waals surface area contributed by atoms with Crippen LogP contribution in [0.3, 0.4) is 0 Å². The standard InChI is InChI=1S/C32H48O3/c1-9-35-28(34)22(3)12-10-11-21(2)23-15-19-32(8)25-13-14-26-29(4,5)27(33)17-18-30(26,6)24(25)16-20-31(23,32)7/h12-13,16,21,23,26H,9-11,14-15,17-20H2,1-8H3/b22-12-/t21-,23-,26+,30-,31-,32+/m1/s1. The highest BCUT2D eigenvalue weighted by molar-refractivity contribution is 5.87. The van der Waals surface area contributed by atoms with Gasteiger partial charge in [-0.1, -0.05) is 59.8 Å². The van der Waals surface area contributed by atoms with Crippen LogP contribution in [0.15, 0.2) is 34.9 Å². The van der Waals surface area contributed by atoms with Gasteiger partial charge in [0.2, 0.25) is 0 Å². The zero-order chi connectivity index (χ0) is 25.8. The highest BCUT2D eigenvalue weighted by atomic mass is 16.5. The molecule has 0 aliphatic heterocycles. The number of hydrogen-bond acceptors (Lipinski definition) is 3. The molecule has 2 saturated carbocycles. The Bertz CT molecular complexity index is 981. The van der Waals surface area contributed by atoms with Gasteiger partial charge in [0.25, 0.3) is 0 Å². The zero-order valence-electron chi connectivity index (χ0n) is 23.6. The van der Waals surface area contributed by atoms with Crippen molar-refractivity contribution in [1.82, 2.24) is 0 Å². The van der Waals surface area contributed by atoms with E-state index in [9.17, 15) is 9.59 Å². The monoisotopic (exact) mass is 480 g/mol. The van der Waals surface area contributed by atoms with Crippen LogP contribution in [0.2, 0.25) is 0 Å². The number of carbonyl (C=O) groups is 2. The quantitative estimate of drug-likeness (QED) is 0.286. The van der Waals surface area contributed by atoms with E-state index in [4.69, 9.17) is 4.74 Å². The maximum Gasteiger partial charge on any atom is 0.333 e. The first-order chi connectivity index (χ1) is 16.3. The van der Waals surface area contributed by atoms with Crippen LogP contribution < -0.4 is 0 Å². The minimum atomic E-state index is -0.237. The van der Waals surface area contributed by atoms with Crippen LogP contribution in [0.1, 0.15) is 107 Å². The van der Waals surface area contributed by atoms with Crippen molar-refractivity contribution in [2.45, 2.75) is 107 Å². The summed E-state index contributed by atoms with van der Waals surface area (Å²) >= 11 is 0. The summed E-state index contributed by atoms with van der Waals surface area (Å²) in [5.41, 5.74) is 4.26. The molecule has 2 fully saturated rings. The maximum atomic E-state index is 12.8. The van der Waals surface area contributed by atoms with E-state index in [-0.39, 0.29) is 27.6 Å². The molecule has 0 aromatic carbocycles. The van der Waals surface area contributed by atoms with Crippen LogP contribution in [0.5, 0.6) is 0 Å². The molecular formula is C32H48O3. The van der Waals surface area contributed by atoms with Crippen molar-refractivity contribution in [3.63, 3.8) is 0 Å². The van der Waals surface area contributed by atoms with Crippen LogP contribution in [-0.2, 0) is 14.3 Å². The first kappa shape index (κ1) is 26.4. The Balaban J connectivity index is 1.56. The van der Waals surface area contributed by atoms with Crippen LogP contribution in [0.25, 0.3) is 0 Å². The van der Waals surface area contributed by atoms with Crippen molar-refractivity contribution >= 4 is 11.8 Å². The molecule has 4 aliphatic carbocycles. The molecule has 0 unspecified atom stereocenters. The summed E-state index contributed by atoms with van der Waals surface area (Å²) in [7, 11) is 0. The first-order valence-electron chi connectivity index (χ1n) is 14.1. The molecule has 3 nitrogen and oxygen atoms in total. The predicted molar refractivity (Wildman–Crippen MR) is 143 cm³/mol. The average Bonchev–Trinajstić information content (AvgIpc) is 3.08. The summed E-state index contributed by atoms with van der Waals surface area (Å²) in [6, 6.07) is 0. The van der Waals surface area contributed by atoms with Gasteiger partial charge in [-0.3, -0.25) is 4.79 Å². The third-order valence-corrected chi connectivity index (χ3v) is 11.4.